The van der Waals surface area contributed by atoms with E-state index in [4.69, 9.17) is 9.47 Å². The molecule has 1 unspecified atom stereocenters. The molecule has 0 spiro atoms. The maximum absolute atomic E-state index is 12.5. The summed E-state index contributed by atoms with van der Waals surface area (Å²) in [5, 5.41) is 4.38. The van der Waals surface area contributed by atoms with Gasteiger partial charge in [-0.05, 0) is 61.0 Å². The number of esters is 1. The van der Waals surface area contributed by atoms with Gasteiger partial charge >= 0.3 is 5.97 Å². The van der Waals surface area contributed by atoms with Gasteiger partial charge in [-0.3, -0.25) is 9.59 Å². The highest BCUT2D eigenvalue weighted by Crippen LogP contribution is 2.19. The molecule has 0 aliphatic heterocycles. The van der Waals surface area contributed by atoms with E-state index >= 15 is 0 Å². The van der Waals surface area contributed by atoms with Crippen molar-refractivity contribution < 1.29 is 27.5 Å². The van der Waals surface area contributed by atoms with Crippen molar-refractivity contribution in [1.82, 2.24) is 4.72 Å². The Bertz CT molecular complexity index is 1230. The monoisotopic (exact) mass is 470 g/mol. The number of benzene rings is 3. The van der Waals surface area contributed by atoms with Crippen molar-refractivity contribution in [2.45, 2.75) is 31.3 Å². The average Bonchev–Trinajstić information content (AvgIpc) is 2.80. The fourth-order valence-electron chi connectivity index (χ4n) is 3.06. The molecular formula is C24H26N2O6S. The Balaban J connectivity index is 1.47. The summed E-state index contributed by atoms with van der Waals surface area (Å²) in [6.07, 6.45) is -1.26. The van der Waals surface area contributed by atoms with Gasteiger partial charge in [0.15, 0.2) is 6.10 Å². The van der Waals surface area contributed by atoms with E-state index in [9.17, 15) is 18.0 Å². The summed E-state index contributed by atoms with van der Waals surface area (Å²) in [4.78, 5) is 24.4. The third-order valence-electron chi connectivity index (χ3n) is 4.76. The fraction of sp³-hybridized carbons (Fsp3) is 0.250. The van der Waals surface area contributed by atoms with Crippen LogP contribution in [0.2, 0.25) is 0 Å². The first-order chi connectivity index (χ1) is 15.8. The molecule has 0 aliphatic carbocycles. The predicted molar refractivity (Wildman–Crippen MR) is 126 cm³/mol. The minimum atomic E-state index is -3.79. The molecular weight excluding hydrogens is 444 g/mol. The predicted octanol–water partition coefficient (Wildman–Crippen LogP) is 3.48. The SMILES string of the molecule is CCOc1ccc(NC(=O)C(C)OC(=O)CCNS(=O)(=O)c2ccc3ccccc3c2)cc1. The Morgan fingerprint density at radius 3 is 2.36 bits per heavy atom. The second kappa shape index (κ2) is 10.9. The summed E-state index contributed by atoms with van der Waals surface area (Å²) in [7, 11) is -3.79. The number of fused-ring (bicyclic) bond motifs is 1. The first kappa shape index (κ1) is 24.2. The second-order valence-electron chi connectivity index (χ2n) is 7.24. The Morgan fingerprint density at radius 1 is 0.970 bits per heavy atom. The van der Waals surface area contributed by atoms with Crippen LogP contribution in [0, 0.1) is 0 Å². The lowest BCUT2D eigenvalue weighted by molar-refractivity contribution is -0.152. The number of nitrogens with one attached hydrogen (secondary N) is 2. The lowest BCUT2D eigenvalue weighted by atomic mass is 10.1. The Morgan fingerprint density at radius 2 is 1.67 bits per heavy atom. The van der Waals surface area contributed by atoms with Gasteiger partial charge in [-0.1, -0.05) is 30.3 Å². The molecule has 0 heterocycles. The van der Waals surface area contributed by atoms with Crippen LogP contribution in [0.4, 0.5) is 5.69 Å². The van der Waals surface area contributed by atoms with Crippen LogP contribution in [0.5, 0.6) is 5.75 Å². The summed E-state index contributed by atoms with van der Waals surface area (Å²) in [6.45, 7) is 3.71. The van der Waals surface area contributed by atoms with E-state index in [1.165, 1.54) is 13.0 Å². The summed E-state index contributed by atoms with van der Waals surface area (Å²) < 4.78 is 37.9. The topological polar surface area (TPSA) is 111 Å². The average molecular weight is 471 g/mol. The molecule has 3 rings (SSSR count). The zero-order valence-electron chi connectivity index (χ0n) is 18.4. The highest BCUT2D eigenvalue weighted by molar-refractivity contribution is 7.89. The zero-order chi connectivity index (χ0) is 23.8. The normalized spacial score (nSPS) is 12.2. The summed E-state index contributed by atoms with van der Waals surface area (Å²) in [5.74, 6) is -0.504. The molecule has 0 radical (unpaired) electrons. The number of rotatable bonds is 10. The van der Waals surface area contributed by atoms with E-state index in [-0.39, 0.29) is 17.9 Å². The number of carbonyl (C=O) groups is 2. The Kier molecular flexibility index (Phi) is 8.02. The van der Waals surface area contributed by atoms with Gasteiger partial charge in [0.05, 0.1) is 17.9 Å². The summed E-state index contributed by atoms with van der Waals surface area (Å²) in [6, 6.07) is 19.0. The van der Waals surface area contributed by atoms with E-state index < -0.39 is 28.0 Å². The quantitative estimate of drug-likeness (QED) is 0.439. The van der Waals surface area contributed by atoms with Crippen LogP contribution in [0.3, 0.4) is 0 Å². The number of ether oxygens (including phenoxy) is 2. The van der Waals surface area contributed by atoms with Crippen molar-refractivity contribution in [3.63, 3.8) is 0 Å². The summed E-state index contributed by atoms with van der Waals surface area (Å²) >= 11 is 0. The molecule has 1 amide bonds. The number of hydrogen-bond acceptors (Lipinski definition) is 6. The van der Waals surface area contributed by atoms with Gasteiger partial charge in [0, 0.05) is 12.2 Å². The van der Waals surface area contributed by atoms with Crippen LogP contribution >= 0.6 is 0 Å². The molecule has 2 N–H and O–H groups in total. The second-order valence-corrected chi connectivity index (χ2v) is 9.00. The van der Waals surface area contributed by atoms with Gasteiger partial charge in [-0.2, -0.15) is 0 Å². The lowest BCUT2D eigenvalue weighted by Gasteiger charge is -2.14. The van der Waals surface area contributed by atoms with E-state index in [0.29, 0.717) is 18.0 Å². The van der Waals surface area contributed by atoms with Gasteiger partial charge < -0.3 is 14.8 Å². The molecule has 0 fully saturated rings. The molecule has 174 valence electrons. The first-order valence-corrected chi connectivity index (χ1v) is 12.0. The van der Waals surface area contributed by atoms with Crippen molar-refractivity contribution in [1.29, 1.82) is 0 Å². The van der Waals surface area contributed by atoms with Crippen LogP contribution in [0.1, 0.15) is 20.3 Å². The molecule has 8 nitrogen and oxygen atoms in total. The van der Waals surface area contributed by atoms with Gasteiger partial charge in [0.25, 0.3) is 5.91 Å². The maximum atomic E-state index is 12.5. The number of amides is 1. The maximum Gasteiger partial charge on any atom is 0.307 e. The first-order valence-electron chi connectivity index (χ1n) is 10.5. The van der Waals surface area contributed by atoms with E-state index in [1.54, 1.807) is 36.4 Å². The molecule has 0 aromatic heterocycles. The molecule has 0 saturated carbocycles. The largest absolute Gasteiger partial charge is 0.494 e. The van der Waals surface area contributed by atoms with Gasteiger partial charge in [0.1, 0.15) is 5.75 Å². The van der Waals surface area contributed by atoms with Crippen LogP contribution < -0.4 is 14.8 Å². The van der Waals surface area contributed by atoms with E-state index in [0.717, 1.165) is 10.8 Å². The van der Waals surface area contributed by atoms with Crippen molar-refractivity contribution in [3.05, 3.63) is 66.7 Å². The van der Waals surface area contributed by atoms with Crippen molar-refractivity contribution in [2.75, 3.05) is 18.5 Å². The smallest absolute Gasteiger partial charge is 0.307 e. The van der Waals surface area contributed by atoms with E-state index in [2.05, 4.69) is 10.0 Å². The number of anilines is 1. The molecule has 3 aromatic rings. The van der Waals surface area contributed by atoms with Crippen LogP contribution in [-0.4, -0.2) is 39.5 Å². The number of hydrogen-bond donors (Lipinski definition) is 2. The number of sulfonamides is 1. The highest BCUT2D eigenvalue weighted by Gasteiger charge is 2.19. The molecule has 0 aliphatic rings. The van der Waals surface area contributed by atoms with Crippen LogP contribution in [0.25, 0.3) is 10.8 Å². The van der Waals surface area contributed by atoms with Gasteiger partial charge in [-0.15, -0.1) is 0 Å². The molecule has 0 bridgehead atoms. The highest BCUT2D eigenvalue weighted by atomic mass is 32.2. The summed E-state index contributed by atoms with van der Waals surface area (Å²) in [5.41, 5.74) is 0.537. The molecule has 9 heteroatoms. The minimum Gasteiger partial charge on any atom is -0.494 e. The Labute approximate surface area is 193 Å². The fourth-order valence-corrected chi connectivity index (χ4v) is 4.13. The molecule has 33 heavy (non-hydrogen) atoms. The van der Waals surface area contributed by atoms with Crippen LogP contribution in [-0.2, 0) is 24.3 Å². The standard InChI is InChI=1S/C24H26N2O6S/c1-3-31-21-11-9-20(10-12-21)26-24(28)17(2)32-23(27)14-15-25-33(29,30)22-13-8-18-6-4-5-7-19(18)16-22/h4-13,16-17,25H,3,14-15H2,1-2H3,(H,26,28). The van der Waals surface area contributed by atoms with E-state index in [1.807, 2.05) is 31.2 Å². The van der Waals surface area contributed by atoms with Gasteiger partial charge in [-0.25, -0.2) is 13.1 Å². The minimum absolute atomic E-state index is 0.109. The van der Waals surface area contributed by atoms with Gasteiger partial charge in [0.2, 0.25) is 10.0 Å². The van der Waals surface area contributed by atoms with Crippen molar-refractivity contribution in [3.8, 4) is 5.75 Å². The zero-order valence-corrected chi connectivity index (χ0v) is 19.2. The van der Waals surface area contributed by atoms with Crippen molar-refractivity contribution in [2.24, 2.45) is 0 Å². The Hall–Kier alpha value is -3.43. The third kappa shape index (κ3) is 6.77. The number of carbonyl (C=O) groups excluding carboxylic acids is 2. The molecule has 0 saturated heterocycles. The lowest BCUT2D eigenvalue weighted by Crippen LogP contribution is -2.32. The molecule has 3 aromatic carbocycles. The van der Waals surface area contributed by atoms with Crippen molar-refractivity contribution >= 4 is 38.4 Å². The van der Waals surface area contributed by atoms with Crippen LogP contribution in [0.15, 0.2) is 71.6 Å². The molecule has 1 atom stereocenters. The third-order valence-corrected chi connectivity index (χ3v) is 6.22.